The highest BCUT2D eigenvalue weighted by atomic mass is 35.5. The first-order valence-corrected chi connectivity index (χ1v) is 6.52. The minimum absolute atomic E-state index is 0.0221. The van der Waals surface area contributed by atoms with Gasteiger partial charge in [0, 0.05) is 6.20 Å². The second kappa shape index (κ2) is 6.78. The molecular formula is C13H9ClF4N4O. The number of aromatic nitrogens is 2. The molecule has 2 rings (SSSR count). The van der Waals surface area contributed by atoms with E-state index < -0.39 is 23.6 Å². The van der Waals surface area contributed by atoms with Gasteiger partial charge in [0.25, 0.3) is 0 Å². The maximum absolute atomic E-state index is 12.8. The smallest absolute Gasteiger partial charge is 0.282 e. The van der Waals surface area contributed by atoms with E-state index in [4.69, 9.17) is 11.6 Å². The Kier molecular flexibility index (Phi) is 4.99. The van der Waals surface area contributed by atoms with E-state index >= 15 is 0 Å². The van der Waals surface area contributed by atoms with Crippen molar-refractivity contribution in [2.45, 2.75) is 12.6 Å². The second-order valence-electron chi connectivity index (χ2n) is 4.35. The average Bonchev–Trinajstić information content (AvgIpc) is 2.46. The zero-order valence-electron chi connectivity index (χ0n) is 11.3. The highest BCUT2D eigenvalue weighted by Crippen LogP contribution is 2.31. The van der Waals surface area contributed by atoms with Gasteiger partial charge in [0.1, 0.15) is 5.82 Å². The number of hydrogen-bond donors (Lipinski definition) is 2. The van der Waals surface area contributed by atoms with Gasteiger partial charge < -0.3 is 0 Å². The van der Waals surface area contributed by atoms with E-state index in [1.54, 1.807) is 0 Å². The molecule has 0 radical (unpaired) electrons. The number of hydrazine groups is 1. The molecule has 0 aliphatic rings. The van der Waals surface area contributed by atoms with E-state index in [9.17, 15) is 22.4 Å². The number of nitrogens with zero attached hydrogens (tertiary/aromatic N) is 2. The molecule has 23 heavy (non-hydrogen) atoms. The number of nitrogens with one attached hydrogen (secondary N) is 2. The molecule has 0 saturated heterocycles. The molecule has 0 fully saturated rings. The molecule has 2 aromatic heterocycles. The van der Waals surface area contributed by atoms with E-state index in [2.05, 4.69) is 20.8 Å². The average molecular weight is 349 g/mol. The van der Waals surface area contributed by atoms with Gasteiger partial charge in [-0.15, -0.1) is 0 Å². The number of carbonyl (C=O) groups is 1. The number of alkyl halides is 3. The number of anilines is 1. The van der Waals surface area contributed by atoms with Crippen LogP contribution in [-0.2, 0) is 17.4 Å². The van der Waals surface area contributed by atoms with Crippen molar-refractivity contribution in [1.29, 1.82) is 0 Å². The Labute approximate surface area is 132 Å². The number of carbonyl (C=O) groups excluding carboxylic acids is 1. The molecule has 0 aliphatic heterocycles. The summed E-state index contributed by atoms with van der Waals surface area (Å²) in [5.41, 5.74) is 3.54. The van der Waals surface area contributed by atoms with Gasteiger partial charge in [-0.2, -0.15) is 17.6 Å². The summed E-state index contributed by atoms with van der Waals surface area (Å²) >= 11 is 5.69. The molecule has 0 spiro atoms. The maximum Gasteiger partial charge on any atom is 0.417 e. The SMILES string of the molecule is O=C(Cc1ncc(C(F)(F)F)cc1Cl)NNc1cccc(F)n1. The van der Waals surface area contributed by atoms with Crippen LogP contribution in [0.5, 0.6) is 0 Å². The van der Waals surface area contributed by atoms with Crippen LogP contribution in [-0.4, -0.2) is 15.9 Å². The summed E-state index contributed by atoms with van der Waals surface area (Å²) < 4.78 is 50.3. The van der Waals surface area contributed by atoms with Crippen molar-refractivity contribution in [2.75, 3.05) is 5.43 Å². The summed E-state index contributed by atoms with van der Waals surface area (Å²) in [6, 6.07) is 4.61. The van der Waals surface area contributed by atoms with Gasteiger partial charge >= 0.3 is 6.18 Å². The maximum atomic E-state index is 12.8. The Morgan fingerprint density at radius 2 is 2.04 bits per heavy atom. The van der Waals surface area contributed by atoms with Gasteiger partial charge in [0.05, 0.1) is 22.7 Å². The van der Waals surface area contributed by atoms with Crippen molar-refractivity contribution < 1.29 is 22.4 Å². The predicted octanol–water partition coefficient (Wildman–Crippen LogP) is 2.97. The van der Waals surface area contributed by atoms with Crippen LogP contribution in [0.25, 0.3) is 0 Å². The van der Waals surface area contributed by atoms with Gasteiger partial charge in [-0.25, -0.2) is 4.98 Å². The van der Waals surface area contributed by atoms with Crippen LogP contribution in [0.4, 0.5) is 23.4 Å². The van der Waals surface area contributed by atoms with Gasteiger partial charge in [-0.3, -0.25) is 20.6 Å². The van der Waals surface area contributed by atoms with Gasteiger partial charge in [0.2, 0.25) is 11.9 Å². The van der Waals surface area contributed by atoms with Crippen LogP contribution in [0.3, 0.4) is 0 Å². The molecule has 0 atom stereocenters. The van der Waals surface area contributed by atoms with Crippen LogP contribution in [0.1, 0.15) is 11.3 Å². The zero-order chi connectivity index (χ0) is 17.0. The van der Waals surface area contributed by atoms with Crippen molar-refractivity contribution in [3.8, 4) is 0 Å². The summed E-state index contributed by atoms with van der Waals surface area (Å²) in [4.78, 5) is 18.7. The minimum atomic E-state index is -4.57. The van der Waals surface area contributed by atoms with E-state index in [0.29, 0.717) is 12.3 Å². The Hall–Kier alpha value is -2.42. The summed E-state index contributed by atoms with van der Waals surface area (Å²) in [5, 5.41) is -0.279. The predicted molar refractivity (Wildman–Crippen MR) is 73.9 cm³/mol. The fourth-order valence-electron chi connectivity index (χ4n) is 1.56. The number of amides is 1. The standard InChI is InChI=1S/C13H9ClF4N4O/c14-8-4-7(13(16,17)18)6-19-9(8)5-12(23)22-21-11-3-1-2-10(15)20-11/h1-4,6H,5H2,(H,20,21)(H,22,23). The Morgan fingerprint density at radius 3 is 2.65 bits per heavy atom. The quantitative estimate of drug-likeness (QED) is 0.506. The molecule has 0 aromatic carbocycles. The van der Waals surface area contributed by atoms with E-state index in [0.717, 1.165) is 6.07 Å². The molecule has 10 heteroatoms. The first-order chi connectivity index (χ1) is 10.8. The summed E-state index contributed by atoms with van der Waals surface area (Å²) in [6.45, 7) is 0. The Balaban J connectivity index is 1.98. The number of rotatable bonds is 4. The van der Waals surface area contributed by atoms with E-state index in [1.807, 2.05) is 0 Å². The van der Waals surface area contributed by atoms with Crippen molar-refractivity contribution >= 4 is 23.3 Å². The first kappa shape index (κ1) is 16.9. The lowest BCUT2D eigenvalue weighted by Crippen LogP contribution is -2.31. The Morgan fingerprint density at radius 1 is 1.30 bits per heavy atom. The van der Waals surface area contributed by atoms with Crippen LogP contribution in [0, 0.1) is 5.95 Å². The molecule has 0 bridgehead atoms. The van der Waals surface area contributed by atoms with E-state index in [-0.39, 0.29) is 23.0 Å². The van der Waals surface area contributed by atoms with Crippen molar-refractivity contribution in [2.24, 2.45) is 0 Å². The number of pyridine rings is 2. The minimum Gasteiger partial charge on any atom is -0.282 e. The van der Waals surface area contributed by atoms with E-state index in [1.165, 1.54) is 12.1 Å². The van der Waals surface area contributed by atoms with Crippen LogP contribution in [0.2, 0.25) is 5.02 Å². The van der Waals surface area contributed by atoms with Crippen molar-refractivity contribution in [3.63, 3.8) is 0 Å². The van der Waals surface area contributed by atoms with Crippen molar-refractivity contribution in [3.05, 3.63) is 52.7 Å². The van der Waals surface area contributed by atoms with Crippen LogP contribution in [0.15, 0.2) is 30.5 Å². The summed E-state index contributed by atoms with van der Waals surface area (Å²) in [6.07, 6.45) is -4.34. The zero-order valence-corrected chi connectivity index (χ0v) is 12.0. The lowest BCUT2D eigenvalue weighted by Gasteiger charge is -2.10. The molecule has 2 aromatic rings. The largest absolute Gasteiger partial charge is 0.417 e. The molecule has 0 aliphatic carbocycles. The number of hydrogen-bond acceptors (Lipinski definition) is 4. The lowest BCUT2D eigenvalue weighted by molar-refractivity contribution is -0.137. The summed E-state index contributed by atoms with van der Waals surface area (Å²) in [5.74, 6) is -1.31. The molecule has 2 heterocycles. The third-order valence-electron chi connectivity index (χ3n) is 2.62. The monoisotopic (exact) mass is 348 g/mol. The Bertz CT molecular complexity index is 723. The molecule has 2 N–H and O–H groups in total. The number of halogens is 5. The second-order valence-corrected chi connectivity index (χ2v) is 4.75. The highest BCUT2D eigenvalue weighted by molar-refractivity contribution is 6.31. The lowest BCUT2D eigenvalue weighted by atomic mass is 10.2. The topological polar surface area (TPSA) is 66.9 Å². The summed E-state index contributed by atoms with van der Waals surface area (Å²) in [7, 11) is 0. The normalized spacial score (nSPS) is 11.2. The van der Waals surface area contributed by atoms with Crippen LogP contribution < -0.4 is 10.9 Å². The molecular weight excluding hydrogens is 340 g/mol. The molecule has 1 amide bonds. The van der Waals surface area contributed by atoms with Gasteiger partial charge in [0.15, 0.2) is 0 Å². The fourth-order valence-corrected chi connectivity index (χ4v) is 1.79. The molecule has 0 unspecified atom stereocenters. The third-order valence-corrected chi connectivity index (χ3v) is 2.95. The first-order valence-electron chi connectivity index (χ1n) is 6.15. The van der Waals surface area contributed by atoms with Gasteiger partial charge in [-0.05, 0) is 18.2 Å². The molecule has 122 valence electrons. The van der Waals surface area contributed by atoms with Gasteiger partial charge in [-0.1, -0.05) is 17.7 Å². The highest BCUT2D eigenvalue weighted by Gasteiger charge is 2.31. The van der Waals surface area contributed by atoms with Crippen molar-refractivity contribution in [1.82, 2.24) is 15.4 Å². The molecule has 0 saturated carbocycles. The third kappa shape index (κ3) is 4.78. The van der Waals surface area contributed by atoms with Crippen LogP contribution >= 0.6 is 11.6 Å². The fraction of sp³-hybridized carbons (Fsp3) is 0.154. The molecule has 5 nitrogen and oxygen atoms in total.